The minimum absolute atomic E-state index is 0.627. The zero-order valence-electron chi connectivity index (χ0n) is 11.0. The number of rotatable bonds is 9. The van der Waals surface area contributed by atoms with E-state index < -0.39 is 0 Å². The highest BCUT2D eigenvalue weighted by atomic mass is 16.5. The lowest BCUT2D eigenvalue weighted by Crippen LogP contribution is -2.35. The summed E-state index contributed by atoms with van der Waals surface area (Å²) < 4.78 is 5.51. The number of nitrogens with zero attached hydrogens (tertiary/aromatic N) is 1. The third kappa shape index (κ3) is 8.85. The third-order valence-electron chi connectivity index (χ3n) is 2.58. The van der Waals surface area contributed by atoms with Crippen LogP contribution in [0.15, 0.2) is 0 Å². The second-order valence-corrected chi connectivity index (χ2v) is 4.63. The van der Waals surface area contributed by atoms with Crippen molar-refractivity contribution in [2.75, 3.05) is 40.4 Å². The van der Waals surface area contributed by atoms with Crippen molar-refractivity contribution >= 4 is 0 Å². The molecule has 1 atom stereocenters. The molecule has 0 aromatic heterocycles. The second kappa shape index (κ2) is 9.13. The Balaban J connectivity index is 3.29. The molecule has 1 unspecified atom stereocenters. The summed E-state index contributed by atoms with van der Waals surface area (Å²) in [5.41, 5.74) is 0. The van der Waals surface area contributed by atoms with Gasteiger partial charge >= 0.3 is 0 Å². The minimum Gasteiger partial charge on any atom is -0.379 e. The molecule has 0 radical (unpaired) electrons. The standard InChI is InChI=1S/C12H28N2O/c1-6-12(11(2)3)13-7-9-15-10-8-14(4)5/h11-13H,6-10H2,1-5H3. The van der Waals surface area contributed by atoms with E-state index in [1.54, 1.807) is 0 Å². The molecule has 0 saturated heterocycles. The summed E-state index contributed by atoms with van der Waals surface area (Å²) in [5.74, 6) is 0.705. The van der Waals surface area contributed by atoms with Gasteiger partial charge in [0.15, 0.2) is 0 Å². The van der Waals surface area contributed by atoms with Gasteiger partial charge in [-0.15, -0.1) is 0 Å². The monoisotopic (exact) mass is 216 g/mol. The van der Waals surface area contributed by atoms with Gasteiger partial charge in [-0.2, -0.15) is 0 Å². The van der Waals surface area contributed by atoms with Gasteiger partial charge in [0.1, 0.15) is 0 Å². The molecule has 0 aromatic carbocycles. The van der Waals surface area contributed by atoms with Crippen LogP contribution in [0.5, 0.6) is 0 Å². The Morgan fingerprint density at radius 3 is 2.33 bits per heavy atom. The van der Waals surface area contributed by atoms with E-state index in [-0.39, 0.29) is 0 Å². The summed E-state index contributed by atoms with van der Waals surface area (Å²) in [5, 5.41) is 3.52. The third-order valence-corrected chi connectivity index (χ3v) is 2.58. The molecule has 0 heterocycles. The smallest absolute Gasteiger partial charge is 0.0593 e. The molecule has 92 valence electrons. The molecule has 0 aliphatic heterocycles. The lowest BCUT2D eigenvalue weighted by atomic mass is 10.0. The van der Waals surface area contributed by atoms with Crippen molar-refractivity contribution < 1.29 is 4.74 Å². The van der Waals surface area contributed by atoms with Gasteiger partial charge in [-0.05, 0) is 26.4 Å². The number of hydrogen-bond acceptors (Lipinski definition) is 3. The van der Waals surface area contributed by atoms with Crippen molar-refractivity contribution in [1.82, 2.24) is 10.2 Å². The Bertz CT molecular complexity index is 138. The SMILES string of the molecule is CCC(NCCOCCN(C)C)C(C)C. The predicted octanol–water partition coefficient (Wildman–Crippen LogP) is 1.59. The fourth-order valence-electron chi connectivity index (χ4n) is 1.52. The molecule has 0 spiro atoms. The molecule has 0 rings (SSSR count). The van der Waals surface area contributed by atoms with E-state index >= 15 is 0 Å². The molecule has 0 amide bonds. The molecule has 0 aliphatic rings. The maximum atomic E-state index is 5.51. The fraction of sp³-hybridized carbons (Fsp3) is 1.00. The van der Waals surface area contributed by atoms with Crippen molar-refractivity contribution in [3.63, 3.8) is 0 Å². The van der Waals surface area contributed by atoms with Crippen LogP contribution >= 0.6 is 0 Å². The van der Waals surface area contributed by atoms with Gasteiger partial charge in [0.25, 0.3) is 0 Å². The Morgan fingerprint density at radius 2 is 1.87 bits per heavy atom. The van der Waals surface area contributed by atoms with Crippen molar-refractivity contribution in [1.29, 1.82) is 0 Å². The first-order valence-corrected chi connectivity index (χ1v) is 6.03. The Hall–Kier alpha value is -0.120. The quantitative estimate of drug-likeness (QED) is 0.592. The van der Waals surface area contributed by atoms with Gasteiger partial charge < -0.3 is 15.0 Å². The first-order chi connectivity index (χ1) is 7.07. The van der Waals surface area contributed by atoms with Gasteiger partial charge in [-0.25, -0.2) is 0 Å². The minimum atomic E-state index is 0.627. The van der Waals surface area contributed by atoms with Crippen LogP contribution in [-0.2, 0) is 4.74 Å². The Kier molecular flexibility index (Phi) is 9.06. The average Bonchev–Trinajstić information content (AvgIpc) is 2.15. The topological polar surface area (TPSA) is 24.5 Å². The van der Waals surface area contributed by atoms with Crippen LogP contribution in [0.1, 0.15) is 27.2 Å². The molecule has 0 fully saturated rings. The van der Waals surface area contributed by atoms with Crippen molar-refractivity contribution in [3.8, 4) is 0 Å². The predicted molar refractivity (Wildman–Crippen MR) is 66.3 cm³/mol. The normalized spacial score (nSPS) is 13.8. The van der Waals surface area contributed by atoms with Crippen LogP contribution in [0, 0.1) is 5.92 Å². The highest BCUT2D eigenvalue weighted by Crippen LogP contribution is 2.04. The van der Waals surface area contributed by atoms with Crippen molar-refractivity contribution in [2.45, 2.75) is 33.2 Å². The van der Waals surface area contributed by atoms with Crippen molar-refractivity contribution in [2.24, 2.45) is 5.92 Å². The summed E-state index contributed by atoms with van der Waals surface area (Å²) in [4.78, 5) is 2.14. The molecular weight excluding hydrogens is 188 g/mol. The largest absolute Gasteiger partial charge is 0.379 e. The zero-order chi connectivity index (χ0) is 11.7. The summed E-state index contributed by atoms with van der Waals surface area (Å²) in [7, 11) is 4.13. The molecule has 3 nitrogen and oxygen atoms in total. The number of hydrogen-bond donors (Lipinski definition) is 1. The maximum absolute atomic E-state index is 5.51. The van der Waals surface area contributed by atoms with Crippen LogP contribution < -0.4 is 5.32 Å². The summed E-state index contributed by atoms with van der Waals surface area (Å²) in [6, 6.07) is 0.627. The summed E-state index contributed by atoms with van der Waals surface area (Å²) >= 11 is 0. The Labute approximate surface area is 95.2 Å². The van der Waals surface area contributed by atoms with E-state index in [0.717, 1.165) is 26.3 Å². The lowest BCUT2D eigenvalue weighted by molar-refractivity contribution is 0.116. The van der Waals surface area contributed by atoms with Gasteiger partial charge in [-0.3, -0.25) is 0 Å². The number of ether oxygens (including phenoxy) is 1. The first kappa shape index (κ1) is 14.9. The zero-order valence-corrected chi connectivity index (χ0v) is 11.0. The number of likely N-dealkylation sites (N-methyl/N-ethyl adjacent to an activating group) is 1. The fourth-order valence-corrected chi connectivity index (χ4v) is 1.52. The number of nitrogens with one attached hydrogen (secondary N) is 1. The summed E-state index contributed by atoms with van der Waals surface area (Å²) in [6.07, 6.45) is 1.19. The van der Waals surface area contributed by atoms with E-state index in [4.69, 9.17) is 4.74 Å². The molecule has 0 saturated carbocycles. The van der Waals surface area contributed by atoms with E-state index in [1.165, 1.54) is 6.42 Å². The molecule has 3 heteroatoms. The van der Waals surface area contributed by atoms with Crippen molar-refractivity contribution in [3.05, 3.63) is 0 Å². The van der Waals surface area contributed by atoms with Crippen LogP contribution in [0.4, 0.5) is 0 Å². The lowest BCUT2D eigenvalue weighted by Gasteiger charge is -2.20. The van der Waals surface area contributed by atoms with Gasteiger partial charge in [0, 0.05) is 19.1 Å². The molecular formula is C12H28N2O. The average molecular weight is 216 g/mol. The maximum Gasteiger partial charge on any atom is 0.0593 e. The van der Waals surface area contributed by atoms with Crippen LogP contribution in [0.3, 0.4) is 0 Å². The highest BCUT2D eigenvalue weighted by Gasteiger charge is 2.08. The van der Waals surface area contributed by atoms with Crippen LogP contribution in [-0.4, -0.2) is 51.3 Å². The Morgan fingerprint density at radius 1 is 1.20 bits per heavy atom. The van der Waals surface area contributed by atoms with Gasteiger partial charge in [0.05, 0.1) is 13.2 Å². The van der Waals surface area contributed by atoms with E-state index in [0.29, 0.717) is 12.0 Å². The van der Waals surface area contributed by atoms with E-state index in [2.05, 4.69) is 45.1 Å². The molecule has 0 aromatic rings. The van der Waals surface area contributed by atoms with Crippen LogP contribution in [0.2, 0.25) is 0 Å². The second-order valence-electron chi connectivity index (χ2n) is 4.63. The van der Waals surface area contributed by atoms with Crippen LogP contribution in [0.25, 0.3) is 0 Å². The molecule has 15 heavy (non-hydrogen) atoms. The molecule has 0 aliphatic carbocycles. The van der Waals surface area contributed by atoms with E-state index in [9.17, 15) is 0 Å². The van der Waals surface area contributed by atoms with Gasteiger partial charge in [0.2, 0.25) is 0 Å². The molecule has 0 bridgehead atoms. The first-order valence-electron chi connectivity index (χ1n) is 6.03. The molecule has 1 N–H and O–H groups in total. The van der Waals surface area contributed by atoms with E-state index in [1.807, 2.05) is 0 Å². The van der Waals surface area contributed by atoms with Gasteiger partial charge in [-0.1, -0.05) is 20.8 Å². The summed E-state index contributed by atoms with van der Waals surface area (Å²) in [6.45, 7) is 10.3. The highest BCUT2D eigenvalue weighted by molar-refractivity contribution is 4.67.